The average molecular weight is 775 g/mol. The number of halogens is 8. The van der Waals surface area contributed by atoms with Crippen molar-refractivity contribution in [2.45, 2.75) is 29.8 Å². The van der Waals surface area contributed by atoms with E-state index in [4.69, 9.17) is 0 Å². The first-order chi connectivity index (χ1) is 21.8. The third-order valence-corrected chi connectivity index (χ3v) is 17.4. The second-order valence-corrected chi connectivity index (χ2v) is 17.9. The molecule has 6 rings (SSSR count). The molecule has 2 aliphatic rings. The van der Waals surface area contributed by atoms with E-state index in [1.54, 1.807) is 24.3 Å². The first-order valence-corrected chi connectivity index (χ1v) is 18.7. The van der Waals surface area contributed by atoms with E-state index in [1.165, 1.54) is 12.1 Å². The zero-order chi connectivity index (χ0) is 33.0. The normalized spacial score (nSPS) is 15.1. The van der Waals surface area contributed by atoms with Crippen molar-refractivity contribution in [3.05, 3.63) is 164 Å². The van der Waals surface area contributed by atoms with Gasteiger partial charge in [-0.15, -0.1) is 0 Å². The Bertz CT molecular complexity index is 1880. The van der Waals surface area contributed by atoms with Gasteiger partial charge in [0, 0.05) is 0 Å². The summed E-state index contributed by atoms with van der Waals surface area (Å²) in [6.45, 7) is 11.9. The van der Waals surface area contributed by atoms with Crippen LogP contribution < -0.4 is 24.8 Å². The molecule has 1 unspecified atom stereocenters. The molecule has 0 spiro atoms. The van der Waals surface area contributed by atoms with Gasteiger partial charge in [0.25, 0.3) is 0 Å². The quantitative estimate of drug-likeness (QED) is 0.229. The Kier molecular flexibility index (Phi) is 11.2. The van der Waals surface area contributed by atoms with Gasteiger partial charge in [0.15, 0.2) is 0 Å². The van der Waals surface area contributed by atoms with Crippen LogP contribution in [0.4, 0.5) is 26.3 Å². The molecule has 0 amide bonds. The summed E-state index contributed by atoms with van der Waals surface area (Å²) >= 11 is -3.62. The van der Waals surface area contributed by atoms with Crippen LogP contribution in [0.5, 0.6) is 0 Å². The van der Waals surface area contributed by atoms with Crippen molar-refractivity contribution in [1.29, 1.82) is 0 Å². The molecule has 4 aromatic carbocycles. The fourth-order valence-electron chi connectivity index (χ4n) is 6.72. The molecule has 0 N–H and O–H groups in total. The molecule has 4 aromatic rings. The molecule has 1 atom stereocenters. The molecule has 0 bridgehead atoms. The van der Waals surface area contributed by atoms with Gasteiger partial charge in [-0.05, 0) is 0 Å². The molecular formula is C39H30Cl2F6Zr. The molecular weight excluding hydrogens is 745 g/mol. The van der Waals surface area contributed by atoms with Crippen LogP contribution in [0.2, 0.25) is 0 Å². The molecule has 0 aliphatic heterocycles. The van der Waals surface area contributed by atoms with E-state index in [0.717, 1.165) is 66.5 Å². The number of allylic oxidation sites excluding steroid dienone is 4. The Morgan fingerprint density at radius 3 is 1.52 bits per heavy atom. The van der Waals surface area contributed by atoms with Crippen LogP contribution in [0, 0.1) is 5.92 Å². The van der Waals surface area contributed by atoms with Crippen LogP contribution in [-0.4, -0.2) is 3.21 Å². The largest absolute Gasteiger partial charge is 1.00 e. The van der Waals surface area contributed by atoms with Crippen LogP contribution >= 0.6 is 0 Å². The van der Waals surface area contributed by atoms with Gasteiger partial charge in [0.2, 0.25) is 0 Å². The van der Waals surface area contributed by atoms with Crippen molar-refractivity contribution in [1.82, 2.24) is 0 Å². The fraction of sp³-hybridized carbons (Fsp3) is 0.154. The maximum Gasteiger partial charge on any atom is -1.00 e. The smallest absolute Gasteiger partial charge is 1.00 e. The molecule has 0 saturated carbocycles. The van der Waals surface area contributed by atoms with Crippen molar-refractivity contribution in [3.8, 4) is 11.1 Å². The summed E-state index contributed by atoms with van der Waals surface area (Å²) in [6.07, 6.45) is -1.46. The summed E-state index contributed by atoms with van der Waals surface area (Å²) in [5.41, 5.74) is 5.90. The summed E-state index contributed by atoms with van der Waals surface area (Å²) in [5.74, 6) is -0.0200. The Hall–Kier alpha value is -3.25. The molecule has 0 heterocycles. The Morgan fingerprint density at radius 2 is 1.15 bits per heavy atom. The predicted octanol–water partition coefficient (Wildman–Crippen LogP) is 5.46. The molecule has 9 heteroatoms. The molecule has 2 aliphatic carbocycles. The van der Waals surface area contributed by atoms with Gasteiger partial charge in [-0.1, -0.05) is 0 Å². The van der Waals surface area contributed by atoms with E-state index < -0.39 is 44.7 Å². The van der Waals surface area contributed by atoms with Crippen molar-refractivity contribution < 1.29 is 72.4 Å². The van der Waals surface area contributed by atoms with Gasteiger partial charge in [-0.25, -0.2) is 0 Å². The minimum Gasteiger partial charge on any atom is -1.00 e. The SMILES string of the molecule is C=Cc1ccc2c(c1)-c1cc(C=C)ccc1[CH]2[Zr+2]([C]1=CC(C)=CC1C)=[C](c1cccc(C(F)(F)F)c1)c1cccc(C(F)(F)F)c1.[Cl-].[Cl-]. The monoisotopic (exact) mass is 772 g/mol. The summed E-state index contributed by atoms with van der Waals surface area (Å²) in [6, 6.07) is 22.4. The molecule has 0 radical (unpaired) electrons. The minimum absolute atomic E-state index is 0. The van der Waals surface area contributed by atoms with Crippen LogP contribution in [0.3, 0.4) is 0 Å². The van der Waals surface area contributed by atoms with Crippen molar-refractivity contribution in [2.24, 2.45) is 5.92 Å². The van der Waals surface area contributed by atoms with E-state index in [1.807, 2.05) is 19.1 Å². The average Bonchev–Trinajstić information content (AvgIpc) is 3.53. The third kappa shape index (κ3) is 7.06. The molecule has 0 nitrogen and oxygen atoms in total. The third-order valence-electron chi connectivity index (χ3n) is 8.75. The number of fused-ring (bicyclic) bond motifs is 3. The van der Waals surface area contributed by atoms with Crippen molar-refractivity contribution in [2.75, 3.05) is 0 Å². The zero-order valence-electron chi connectivity index (χ0n) is 26.0. The first kappa shape index (κ1) is 37.6. The second-order valence-electron chi connectivity index (χ2n) is 11.8. The van der Waals surface area contributed by atoms with Crippen LogP contribution in [-0.2, 0) is 33.6 Å². The number of rotatable bonds is 6. The van der Waals surface area contributed by atoms with Crippen molar-refractivity contribution in [3.63, 3.8) is 0 Å². The van der Waals surface area contributed by atoms with E-state index in [9.17, 15) is 26.3 Å². The molecule has 0 aromatic heterocycles. The number of alkyl halides is 6. The minimum atomic E-state index is -4.62. The maximum atomic E-state index is 14.1. The molecule has 246 valence electrons. The summed E-state index contributed by atoms with van der Waals surface area (Å²) in [7, 11) is 0. The fourth-order valence-corrected chi connectivity index (χ4v) is 16.4. The number of hydrogen-bond donors (Lipinski definition) is 0. The molecule has 48 heavy (non-hydrogen) atoms. The molecule has 0 saturated heterocycles. The van der Waals surface area contributed by atoms with Crippen LogP contribution in [0.25, 0.3) is 23.3 Å². The summed E-state index contributed by atoms with van der Waals surface area (Å²) < 4.78 is 86.3. The summed E-state index contributed by atoms with van der Waals surface area (Å²) in [5, 5.41) is 0. The van der Waals surface area contributed by atoms with Gasteiger partial charge < -0.3 is 24.8 Å². The van der Waals surface area contributed by atoms with E-state index in [0.29, 0.717) is 14.3 Å². The van der Waals surface area contributed by atoms with Gasteiger partial charge in [-0.2, -0.15) is 0 Å². The second kappa shape index (κ2) is 14.3. The standard InChI is InChI=1S/C17H13.C15H8F6.C7H9.2ClH.Zr/c1-3-12-5-7-14-11-15-8-6-13(4-2)10-17(15)16(14)9-12;16-14(17,18)12-5-1-3-10(8-12)7-11-4-2-6-13(9-11)15(19,20)21;1-6-3-4-7(2)5-6;;;/h3-11H,1-2H2;1-6,8-9H;3,5,7H,1-2H3;2*1H;/q;;;;;+2/p-2. The molecule has 0 fully saturated rings. The topological polar surface area (TPSA) is 0 Å². The van der Waals surface area contributed by atoms with Crippen LogP contribution in [0.15, 0.2) is 119 Å². The Balaban J connectivity index is 0.00000260. The summed E-state index contributed by atoms with van der Waals surface area (Å²) in [4.78, 5) is 0. The van der Waals surface area contributed by atoms with Gasteiger partial charge in [0.1, 0.15) is 0 Å². The maximum absolute atomic E-state index is 14.1. The van der Waals surface area contributed by atoms with Gasteiger partial charge in [0.05, 0.1) is 0 Å². The van der Waals surface area contributed by atoms with E-state index >= 15 is 0 Å². The van der Waals surface area contributed by atoms with Crippen molar-refractivity contribution >= 4 is 15.4 Å². The van der Waals surface area contributed by atoms with E-state index in [-0.39, 0.29) is 34.4 Å². The van der Waals surface area contributed by atoms with Gasteiger partial charge in [-0.3, -0.25) is 0 Å². The number of benzene rings is 4. The van der Waals surface area contributed by atoms with E-state index in [2.05, 4.69) is 56.5 Å². The Labute approximate surface area is 296 Å². The zero-order valence-corrected chi connectivity index (χ0v) is 30.0. The first-order valence-electron chi connectivity index (χ1n) is 14.8. The number of hydrogen-bond acceptors (Lipinski definition) is 0. The van der Waals surface area contributed by atoms with Gasteiger partial charge >= 0.3 is 273 Å². The Morgan fingerprint density at radius 1 is 0.688 bits per heavy atom. The predicted molar refractivity (Wildman–Crippen MR) is 171 cm³/mol. The van der Waals surface area contributed by atoms with Crippen LogP contribution in [0.1, 0.15) is 62.0 Å².